The van der Waals surface area contributed by atoms with Crippen LogP contribution < -0.4 is 11.1 Å². The Morgan fingerprint density at radius 2 is 2.25 bits per heavy atom. The zero-order chi connectivity index (χ0) is 11.5. The highest BCUT2D eigenvalue weighted by molar-refractivity contribution is 5.61. The van der Waals surface area contributed by atoms with Gasteiger partial charge in [0.05, 0.1) is 11.7 Å². The average molecular weight is 218 g/mol. The smallest absolute Gasteiger partial charge is 0.150 e. The zero-order valence-electron chi connectivity index (χ0n) is 9.23. The molecule has 2 heterocycles. The third-order valence-corrected chi connectivity index (χ3v) is 2.26. The molecule has 0 amide bonds. The zero-order valence-corrected chi connectivity index (χ0v) is 9.23. The summed E-state index contributed by atoms with van der Waals surface area (Å²) in [4.78, 5) is 8.39. The van der Waals surface area contributed by atoms with Crippen molar-refractivity contribution in [3.63, 3.8) is 0 Å². The first kappa shape index (κ1) is 10.4. The second kappa shape index (κ2) is 4.18. The molecule has 4 N–H and O–H groups in total. The highest BCUT2D eigenvalue weighted by atomic mass is 15.2. The molecule has 0 radical (unpaired) electrons. The molecule has 6 nitrogen and oxygen atoms in total. The fraction of sp³-hybridized carbons (Fsp3) is 0.300. The van der Waals surface area contributed by atoms with Crippen LogP contribution in [0.25, 0.3) is 0 Å². The van der Waals surface area contributed by atoms with Crippen molar-refractivity contribution in [2.75, 3.05) is 11.1 Å². The van der Waals surface area contributed by atoms with Crippen LogP contribution in [0.3, 0.4) is 0 Å². The number of aromatic amines is 1. The summed E-state index contributed by atoms with van der Waals surface area (Å²) in [6.07, 6.45) is 1.47. The molecule has 0 bridgehead atoms. The molecule has 0 saturated heterocycles. The van der Waals surface area contributed by atoms with Gasteiger partial charge in [-0.3, -0.25) is 5.10 Å². The molecule has 16 heavy (non-hydrogen) atoms. The minimum Gasteiger partial charge on any atom is -0.396 e. The van der Waals surface area contributed by atoms with E-state index >= 15 is 0 Å². The maximum absolute atomic E-state index is 5.82. The van der Waals surface area contributed by atoms with E-state index in [1.165, 1.54) is 6.33 Å². The number of aryl methyl sites for hydroxylation is 1. The van der Waals surface area contributed by atoms with E-state index in [2.05, 4.69) is 25.5 Å². The molecule has 6 heteroatoms. The summed E-state index contributed by atoms with van der Waals surface area (Å²) < 4.78 is 0. The van der Waals surface area contributed by atoms with Crippen LogP contribution in [0, 0.1) is 6.92 Å². The fourth-order valence-corrected chi connectivity index (χ4v) is 1.38. The van der Waals surface area contributed by atoms with E-state index in [1.54, 1.807) is 0 Å². The molecule has 84 valence electrons. The van der Waals surface area contributed by atoms with Crippen LogP contribution in [0.15, 0.2) is 18.5 Å². The summed E-state index contributed by atoms with van der Waals surface area (Å²) in [6, 6.07) is 3.69. The Morgan fingerprint density at radius 3 is 2.94 bits per heavy atom. The Kier molecular flexibility index (Phi) is 2.72. The van der Waals surface area contributed by atoms with Crippen LogP contribution in [-0.4, -0.2) is 20.2 Å². The van der Waals surface area contributed by atoms with Crippen molar-refractivity contribution in [2.45, 2.75) is 19.9 Å². The lowest BCUT2D eigenvalue weighted by atomic mass is 10.3. The molecular formula is C10H14N6. The van der Waals surface area contributed by atoms with Crippen molar-refractivity contribution in [3.8, 4) is 0 Å². The van der Waals surface area contributed by atoms with E-state index in [4.69, 9.17) is 5.73 Å². The number of H-pyrrole nitrogens is 1. The van der Waals surface area contributed by atoms with Gasteiger partial charge in [0.2, 0.25) is 0 Å². The van der Waals surface area contributed by atoms with Crippen molar-refractivity contribution in [1.82, 2.24) is 20.2 Å². The predicted molar refractivity (Wildman–Crippen MR) is 61.8 cm³/mol. The molecular weight excluding hydrogens is 204 g/mol. The number of hydrogen-bond donors (Lipinski definition) is 3. The summed E-state index contributed by atoms with van der Waals surface area (Å²) in [6.45, 7) is 3.88. The molecule has 2 aromatic heterocycles. The summed E-state index contributed by atoms with van der Waals surface area (Å²) in [7, 11) is 0. The summed E-state index contributed by atoms with van der Waals surface area (Å²) >= 11 is 0. The van der Waals surface area contributed by atoms with Gasteiger partial charge in [-0.2, -0.15) is 5.10 Å². The number of nitrogens with zero attached hydrogens (tertiary/aromatic N) is 3. The Hall–Kier alpha value is -2.11. The van der Waals surface area contributed by atoms with E-state index < -0.39 is 0 Å². The lowest BCUT2D eigenvalue weighted by Crippen LogP contribution is -2.11. The summed E-state index contributed by atoms with van der Waals surface area (Å²) in [5, 5.41) is 9.78. The molecule has 2 aromatic rings. The van der Waals surface area contributed by atoms with Crippen molar-refractivity contribution >= 4 is 11.5 Å². The lowest BCUT2D eigenvalue weighted by Gasteiger charge is -2.13. The monoisotopic (exact) mass is 218 g/mol. The topological polar surface area (TPSA) is 92.5 Å². The molecule has 0 fully saturated rings. The normalized spacial score (nSPS) is 12.4. The third kappa shape index (κ3) is 2.10. The van der Waals surface area contributed by atoms with Gasteiger partial charge in [-0.05, 0) is 26.0 Å². The molecule has 1 unspecified atom stereocenters. The number of aromatic nitrogens is 4. The summed E-state index contributed by atoms with van der Waals surface area (Å²) in [5.74, 6) is 1.42. The number of nitrogens with one attached hydrogen (secondary N) is 2. The first-order valence-corrected chi connectivity index (χ1v) is 5.01. The number of nitrogen functional groups attached to an aromatic ring is 1. The second-order valence-electron chi connectivity index (χ2n) is 3.63. The fourth-order valence-electron chi connectivity index (χ4n) is 1.38. The van der Waals surface area contributed by atoms with Gasteiger partial charge in [0.1, 0.15) is 18.0 Å². The SMILES string of the molecule is Cc1ccc(N)c(NC(C)c2ncn[nH]2)n1. The van der Waals surface area contributed by atoms with Crippen LogP contribution in [0.4, 0.5) is 11.5 Å². The Labute approximate surface area is 93.3 Å². The first-order valence-electron chi connectivity index (χ1n) is 5.01. The van der Waals surface area contributed by atoms with Crippen LogP contribution in [0.1, 0.15) is 24.5 Å². The van der Waals surface area contributed by atoms with Crippen molar-refractivity contribution in [1.29, 1.82) is 0 Å². The Balaban J connectivity index is 2.17. The van der Waals surface area contributed by atoms with Crippen LogP contribution in [0.5, 0.6) is 0 Å². The predicted octanol–water partition coefficient (Wildman–Crippen LogP) is 1.26. The van der Waals surface area contributed by atoms with Gasteiger partial charge in [-0.15, -0.1) is 0 Å². The third-order valence-electron chi connectivity index (χ3n) is 2.26. The molecule has 1 atom stereocenters. The Bertz CT molecular complexity index is 464. The molecule has 0 aliphatic heterocycles. The highest BCUT2D eigenvalue weighted by Crippen LogP contribution is 2.20. The minimum absolute atomic E-state index is 0.0147. The van der Waals surface area contributed by atoms with Gasteiger partial charge in [0, 0.05) is 5.69 Å². The van der Waals surface area contributed by atoms with Crippen LogP contribution in [0.2, 0.25) is 0 Å². The van der Waals surface area contributed by atoms with Gasteiger partial charge < -0.3 is 11.1 Å². The molecule has 0 aliphatic rings. The summed E-state index contributed by atoms with van der Waals surface area (Å²) in [5.41, 5.74) is 7.36. The number of anilines is 2. The van der Waals surface area contributed by atoms with E-state index in [9.17, 15) is 0 Å². The first-order chi connectivity index (χ1) is 7.66. The van der Waals surface area contributed by atoms with E-state index in [0.717, 1.165) is 11.5 Å². The molecule has 0 spiro atoms. The van der Waals surface area contributed by atoms with Gasteiger partial charge in [-0.25, -0.2) is 9.97 Å². The lowest BCUT2D eigenvalue weighted by molar-refractivity contribution is 0.790. The second-order valence-corrected chi connectivity index (χ2v) is 3.63. The van der Waals surface area contributed by atoms with E-state index in [-0.39, 0.29) is 6.04 Å². The van der Waals surface area contributed by atoms with Gasteiger partial charge in [-0.1, -0.05) is 0 Å². The highest BCUT2D eigenvalue weighted by Gasteiger charge is 2.10. The van der Waals surface area contributed by atoms with Gasteiger partial charge >= 0.3 is 0 Å². The molecule has 0 saturated carbocycles. The van der Waals surface area contributed by atoms with E-state index in [0.29, 0.717) is 11.5 Å². The molecule has 0 aliphatic carbocycles. The standard InChI is InChI=1S/C10H14N6/c1-6-3-4-8(11)10(14-6)15-7(2)9-12-5-13-16-9/h3-5,7H,11H2,1-2H3,(H,14,15)(H,12,13,16). The minimum atomic E-state index is -0.0147. The van der Waals surface area contributed by atoms with Crippen LogP contribution >= 0.6 is 0 Å². The average Bonchev–Trinajstić information content (AvgIpc) is 2.76. The largest absolute Gasteiger partial charge is 0.396 e. The van der Waals surface area contributed by atoms with Gasteiger partial charge in [0.15, 0.2) is 0 Å². The number of nitrogens with two attached hydrogens (primary N) is 1. The van der Waals surface area contributed by atoms with Crippen molar-refractivity contribution < 1.29 is 0 Å². The maximum Gasteiger partial charge on any atom is 0.150 e. The number of rotatable bonds is 3. The van der Waals surface area contributed by atoms with Crippen LogP contribution in [-0.2, 0) is 0 Å². The number of hydrogen-bond acceptors (Lipinski definition) is 5. The molecule has 2 rings (SSSR count). The number of pyridine rings is 1. The maximum atomic E-state index is 5.82. The Morgan fingerprint density at radius 1 is 1.44 bits per heavy atom. The van der Waals surface area contributed by atoms with Crippen molar-refractivity contribution in [2.24, 2.45) is 0 Å². The van der Waals surface area contributed by atoms with E-state index in [1.807, 2.05) is 26.0 Å². The quantitative estimate of drug-likeness (QED) is 0.721. The van der Waals surface area contributed by atoms with Gasteiger partial charge in [0.25, 0.3) is 0 Å². The van der Waals surface area contributed by atoms with Crippen molar-refractivity contribution in [3.05, 3.63) is 30.0 Å². The molecule has 0 aromatic carbocycles.